The van der Waals surface area contributed by atoms with E-state index in [1.54, 1.807) is 33.0 Å². The number of amides is 2. The van der Waals surface area contributed by atoms with Gasteiger partial charge in [0.1, 0.15) is 11.4 Å². The molecule has 1 aromatic carbocycles. The van der Waals surface area contributed by atoms with Crippen molar-refractivity contribution < 1.29 is 19.1 Å². The number of aromatic nitrogens is 1. The van der Waals surface area contributed by atoms with Gasteiger partial charge in [-0.25, -0.2) is 4.79 Å². The number of alkyl carbamates (subject to hydrolysis) is 1. The number of rotatable bonds is 5. The van der Waals surface area contributed by atoms with Gasteiger partial charge in [-0.2, -0.15) is 4.99 Å². The van der Waals surface area contributed by atoms with Crippen molar-refractivity contribution >= 4 is 45.9 Å². The van der Waals surface area contributed by atoms with Gasteiger partial charge in [0.25, 0.3) is 5.91 Å². The number of nitrogens with one attached hydrogen (secondary N) is 1. The second-order valence-corrected chi connectivity index (χ2v) is 8.78. The van der Waals surface area contributed by atoms with E-state index in [1.165, 1.54) is 0 Å². The van der Waals surface area contributed by atoms with E-state index in [0.717, 1.165) is 46.8 Å². The number of aliphatic imine (C=N–C) groups is 1. The molecular weight excluding hydrogens is 402 g/mol. The summed E-state index contributed by atoms with van der Waals surface area (Å²) < 4.78 is 11.1. The lowest BCUT2D eigenvalue weighted by Crippen LogP contribution is -2.34. The molecule has 8 heteroatoms. The fourth-order valence-electron chi connectivity index (χ4n) is 2.69. The highest BCUT2D eigenvalue weighted by molar-refractivity contribution is 8.18. The number of nitrogens with zero attached hydrogens (tertiary/aromatic N) is 2. The number of amidine groups is 1. The Morgan fingerprint density at radius 2 is 2.07 bits per heavy atom. The molecule has 7 nitrogen and oxygen atoms in total. The van der Waals surface area contributed by atoms with Crippen LogP contribution in [0.5, 0.6) is 5.75 Å². The summed E-state index contributed by atoms with van der Waals surface area (Å²) >= 11 is 1.10. The van der Waals surface area contributed by atoms with Gasteiger partial charge in [-0.3, -0.25) is 15.1 Å². The Balaban J connectivity index is 1.76. The number of thioether (sulfide) groups is 1. The molecule has 2 aromatic rings. The van der Waals surface area contributed by atoms with Gasteiger partial charge in [0.15, 0.2) is 5.17 Å². The summed E-state index contributed by atoms with van der Waals surface area (Å²) in [5, 5.41) is 3.59. The number of fused-ring (bicyclic) bond motifs is 1. The number of carbonyl (C=O) groups is 2. The van der Waals surface area contributed by atoms with Gasteiger partial charge in [0.05, 0.1) is 17.0 Å². The Kier molecular flexibility index (Phi) is 6.77. The van der Waals surface area contributed by atoms with Gasteiger partial charge >= 0.3 is 6.09 Å². The standard InChI is InChI=1S/C22H25N3O4S/c1-5-6-11-28-17-9-10-23-16-8-7-14(12-15(16)17)13-18-19(26)24-20(30-18)25-21(27)29-22(2,3)4/h7-10,12-13H,5-6,11H2,1-4H3,(H,24,25,26,27)/b18-13-. The van der Waals surface area contributed by atoms with Crippen molar-refractivity contribution in [3.05, 3.63) is 40.9 Å². The second kappa shape index (κ2) is 9.30. The van der Waals surface area contributed by atoms with Gasteiger partial charge < -0.3 is 9.47 Å². The molecule has 1 aliphatic heterocycles. The van der Waals surface area contributed by atoms with E-state index in [0.29, 0.717) is 11.5 Å². The van der Waals surface area contributed by atoms with Crippen molar-refractivity contribution in [2.24, 2.45) is 4.99 Å². The molecule has 3 rings (SSSR count). The first kappa shape index (κ1) is 21.8. The van der Waals surface area contributed by atoms with Crippen LogP contribution in [0.4, 0.5) is 4.79 Å². The minimum absolute atomic E-state index is 0.201. The minimum atomic E-state index is -0.645. The van der Waals surface area contributed by atoms with Crippen molar-refractivity contribution in [3.8, 4) is 5.75 Å². The zero-order valence-electron chi connectivity index (χ0n) is 17.5. The topological polar surface area (TPSA) is 89.9 Å². The van der Waals surface area contributed by atoms with Crippen LogP contribution in [0.2, 0.25) is 0 Å². The molecule has 2 amide bonds. The molecule has 0 radical (unpaired) electrons. The van der Waals surface area contributed by atoms with Gasteiger partial charge in [-0.05, 0) is 68.8 Å². The van der Waals surface area contributed by atoms with Crippen LogP contribution in [0.1, 0.15) is 46.1 Å². The summed E-state index contributed by atoms with van der Waals surface area (Å²) in [5.74, 6) is 0.361. The van der Waals surface area contributed by atoms with Crippen LogP contribution < -0.4 is 10.1 Å². The fourth-order valence-corrected chi connectivity index (χ4v) is 3.48. The third-order valence-electron chi connectivity index (χ3n) is 4.01. The lowest BCUT2D eigenvalue weighted by molar-refractivity contribution is -0.113. The molecule has 0 saturated carbocycles. The smallest absolute Gasteiger partial charge is 0.413 e. The summed E-state index contributed by atoms with van der Waals surface area (Å²) in [6, 6.07) is 7.55. The predicted octanol–water partition coefficient (Wildman–Crippen LogP) is 4.91. The Morgan fingerprint density at radius 3 is 2.80 bits per heavy atom. The third kappa shape index (κ3) is 5.82. The zero-order chi connectivity index (χ0) is 21.7. The number of carbonyl (C=O) groups excluding carboxylic acids is 2. The van der Waals surface area contributed by atoms with Crippen molar-refractivity contribution in [3.63, 3.8) is 0 Å². The average molecular weight is 428 g/mol. The Hall–Kier alpha value is -2.87. The monoisotopic (exact) mass is 427 g/mol. The average Bonchev–Trinajstić information content (AvgIpc) is 2.99. The Labute approximate surface area is 179 Å². The summed E-state index contributed by atoms with van der Waals surface area (Å²) in [6.45, 7) is 8.05. The molecular formula is C22H25N3O4S. The number of hydrogen-bond acceptors (Lipinski definition) is 6. The first-order valence-corrected chi connectivity index (χ1v) is 10.6. The quantitative estimate of drug-likeness (QED) is 0.539. The number of ether oxygens (including phenoxy) is 2. The maximum absolute atomic E-state index is 12.3. The van der Waals surface area contributed by atoms with Gasteiger partial charge in [-0.15, -0.1) is 0 Å². The van der Waals surface area contributed by atoms with Crippen LogP contribution >= 0.6 is 11.8 Å². The minimum Gasteiger partial charge on any atom is -0.493 e. The molecule has 158 valence electrons. The summed E-state index contributed by atoms with van der Waals surface area (Å²) in [4.78, 5) is 32.8. The Bertz CT molecular complexity index is 1020. The molecule has 0 bridgehead atoms. The molecule has 0 aliphatic carbocycles. The summed E-state index contributed by atoms with van der Waals surface area (Å²) in [5.41, 5.74) is 1.01. The van der Waals surface area contributed by atoms with Gasteiger partial charge in [0.2, 0.25) is 0 Å². The van der Waals surface area contributed by atoms with Crippen molar-refractivity contribution in [1.29, 1.82) is 0 Å². The molecule has 30 heavy (non-hydrogen) atoms. The van der Waals surface area contributed by atoms with Gasteiger partial charge in [0, 0.05) is 11.6 Å². The molecule has 2 heterocycles. The van der Waals surface area contributed by atoms with E-state index >= 15 is 0 Å². The first-order chi connectivity index (χ1) is 14.2. The Morgan fingerprint density at radius 1 is 1.27 bits per heavy atom. The van der Waals surface area contributed by atoms with Crippen LogP contribution in [0, 0.1) is 0 Å². The molecule has 1 N–H and O–H groups in total. The molecule has 0 spiro atoms. The highest BCUT2D eigenvalue weighted by atomic mass is 32.2. The second-order valence-electron chi connectivity index (χ2n) is 7.75. The SMILES string of the molecule is CCCCOc1ccnc2ccc(/C=C3\SC(NC(=O)OC(C)(C)C)=NC3=O)cc12. The number of unbranched alkanes of at least 4 members (excludes halogenated alkanes) is 1. The van der Waals surface area contributed by atoms with Crippen LogP contribution in [0.15, 0.2) is 40.4 Å². The first-order valence-electron chi connectivity index (χ1n) is 9.79. The van der Waals surface area contributed by atoms with Crippen molar-refractivity contribution in [2.75, 3.05) is 6.61 Å². The van der Waals surface area contributed by atoms with Crippen LogP contribution in [-0.2, 0) is 9.53 Å². The highest BCUT2D eigenvalue weighted by Crippen LogP contribution is 2.30. The predicted molar refractivity (Wildman–Crippen MR) is 120 cm³/mol. The van der Waals surface area contributed by atoms with E-state index in [1.807, 2.05) is 24.3 Å². The van der Waals surface area contributed by atoms with E-state index in [-0.39, 0.29) is 5.17 Å². The van der Waals surface area contributed by atoms with E-state index in [9.17, 15) is 9.59 Å². The maximum Gasteiger partial charge on any atom is 0.413 e. The van der Waals surface area contributed by atoms with E-state index in [2.05, 4.69) is 22.2 Å². The summed E-state index contributed by atoms with van der Waals surface area (Å²) in [6.07, 6.45) is 4.85. The van der Waals surface area contributed by atoms with E-state index < -0.39 is 17.6 Å². The largest absolute Gasteiger partial charge is 0.493 e. The van der Waals surface area contributed by atoms with Crippen LogP contribution in [0.25, 0.3) is 17.0 Å². The van der Waals surface area contributed by atoms with Gasteiger partial charge in [-0.1, -0.05) is 19.4 Å². The number of hydrogen-bond donors (Lipinski definition) is 1. The fraction of sp³-hybridized carbons (Fsp3) is 0.364. The maximum atomic E-state index is 12.3. The molecule has 1 aliphatic rings. The lowest BCUT2D eigenvalue weighted by atomic mass is 10.1. The third-order valence-corrected chi connectivity index (χ3v) is 4.91. The molecule has 0 atom stereocenters. The van der Waals surface area contributed by atoms with Crippen molar-refractivity contribution in [2.45, 2.75) is 46.1 Å². The molecule has 0 unspecified atom stereocenters. The van der Waals surface area contributed by atoms with E-state index in [4.69, 9.17) is 9.47 Å². The van der Waals surface area contributed by atoms with Crippen LogP contribution in [0.3, 0.4) is 0 Å². The molecule has 1 aromatic heterocycles. The number of pyridine rings is 1. The van der Waals surface area contributed by atoms with Crippen molar-refractivity contribution in [1.82, 2.24) is 10.3 Å². The molecule has 0 saturated heterocycles. The highest BCUT2D eigenvalue weighted by Gasteiger charge is 2.25. The zero-order valence-corrected chi connectivity index (χ0v) is 18.3. The normalized spacial score (nSPS) is 15.4. The molecule has 0 fully saturated rings. The summed E-state index contributed by atoms with van der Waals surface area (Å²) in [7, 11) is 0. The van der Waals surface area contributed by atoms with Crippen LogP contribution in [-0.4, -0.2) is 34.4 Å². The number of benzene rings is 1. The lowest BCUT2D eigenvalue weighted by Gasteiger charge is -2.19.